The van der Waals surface area contributed by atoms with Gasteiger partial charge in [-0.05, 0) is 61.4 Å². The third-order valence-electron chi connectivity index (χ3n) is 5.96. The second kappa shape index (κ2) is 10.9. The molecule has 0 atom stereocenters. The number of carbonyl (C=O) groups excluding carboxylic acids is 1. The van der Waals surface area contributed by atoms with Crippen LogP contribution in [0, 0.1) is 6.92 Å². The fraction of sp³-hybridized carbons (Fsp3) is 0.129. The number of para-hydroxylation sites is 1. The summed E-state index contributed by atoms with van der Waals surface area (Å²) in [6, 6.07) is 29.3. The van der Waals surface area contributed by atoms with E-state index in [4.69, 9.17) is 19.6 Å². The number of esters is 1. The van der Waals surface area contributed by atoms with Crippen molar-refractivity contribution in [2.75, 3.05) is 6.61 Å². The molecular formula is C31H27N3O3. The molecule has 0 aliphatic carbocycles. The van der Waals surface area contributed by atoms with Gasteiger partial charge in [-0.1, -0.05) is 66.7 Å². The molecule has 5 aromatic rings. The highest BCUT2D eigenvalue weighted by atomic mass is 16.5. The van der Waals surface area contributed by atoms with Crippen LogP contribution in [0.5, 0.6) is 11.5 Å². The molecule has 37 heavy (non-hydrogen) atoms. The summed E-state index contributed by atoms with van der Waals surface area (Å²) in [7, 11) is 0. The molecule has 0 spiro atoms. The molecule has 0 aliphatic rings. The van der Waals surface area contributed by atoms with E-state index in [1.165, 1.54) is 0 Å². The minimum absolute atomic E-state index is 0.294. The first kappa shape index (κ1) is 24.0. The molecule has 0 saturated carbocycles. The van der Waals surface area contributed by atoms with Crippen LogP contribution in [-0.4, -0.2) is 27.3 Å². The average molecular weight is 490 g/mol. The van der Waals surface area contributed by atoms with E-state index in [0.717, 1.165) is 28.3 Å². The lowest BCUT2D eigenvalue weighted by atomic mass is 10.1. The predicted octanol–water partition coefficient (Wildman–Crippen LogP) is 6.93. The van der Waals surface area contributed by atoms with E-state index in [-0.39, 0.29) is 5.97 Å². The molecule has 2 heterocycles. The second-order valence-electron chi connectivity index (χ2n) is 8.56. The molecule has 3 aromatic carbocycles. The van der Waals surface area contributed by atoms with Crippen LogP contribution in [0.2, 0.25) is 0 Å². The summed E-state index contributed by atoms with van der Waals surface area (Å²) in [4.78, 5) is 17.6. The summed E-state index contributed by atoms with van der Waals surface area (Å²) in [6.45, 7) is 4.58. The molecular weight excluding hydrogens is 462 g/mol. The summed E-state index contributed by atoms with van der Waals surface area (Å²) >= 11 is 0. The number of carbonyl (C=O) groups is 1. The van der Waals surface area contributed by atoms with Crippen LogP contribution in [0.1, 0.15) is 39.8 Å². The number of benzene rings is 3. The molecule has 0 aliphatic heterocycles. The number of pyridine rings is 1. The van der Waals surface area contributed by atoms with Gasteiger partial charge in [0, 0.05) is 5.69 Å². The fourth-order valence-electron chi connectivity index (χ4n) is 4.11. The van der Waals surface area contributed by atoms with E-state index in [2.05, 4.69) is 0 Å². The quantitative estimate of drug-likeness (QED) is 0.221. The lowest BCUT2D eigenvalue weighted by molar-refractivity contribution is 0.0528. The van der Waals surface area contributed by atoms with Gasteiger partial charge < -0.3 is 9.47 Å². The summed E-state index contributed by atoms with van der Waals surface area (Å²) in [5.41, 5.74) is 4.58. The van der Waals surface area contributed by atoms with E-state index in [1.54, 1.807) is 13.0 Å². The first-order valence-corrected chi connectivity index (χ1v) is 12.2. The van der Waals surface area contributed by atoms with E-state index < -0.39 is 0 Å². The predicted molar refractivity (Wildman–Crippen MR) is 146 cm³/mol. The third-order valence-corrected chi connectivity index (χ3v) is 5.96. The monoisotopic (exact) mass is 489 g/mol. The van der Waals surface area contributed by atoms with Crippen LogP contribution in [0.25, 0.3) is 23.2 Å². The lowest BCUT2D eigenvalue weighted by Gasteiger charge is -2.08. The van der Waals surface area contributed by atoms with Gasteiger partial charge in [0.25, 0.3) is 0 Å². The number of aryl methyl sites for hydroxylation is 1. The van der Waals surface area contributed by atoms with Crippen molar-refractivity contribution in [3.63, 3.8) is 0 Å². The first-order valence-electron chi connectivity index (χ1n) is 12.2. The SMILES string of the molecule is CCOC(=O)c1cc(/C=C/c2ccccc2)nc2nn(Cc3ccc(Oc4ccccc4)cc3)c(C)c12. The van der Waals surface area contributed by atoms with Gasteiger partial charge in [-0.15, -0.1) is 0 Å². The number of rotatable bonds is 8. The number of nitrogens with zero attached hydrogens (tertiary/aromatic N) is 3. The van der Waals surface area contributed by atoms with Crippen LogP contribution in [0.4, 0.5) is 0 Å². The highest BCUT2D eigenvalue weighted by Gasteiger charge is 2.20. The van der Waals surface area contributed by atoms with Crippen LogP contribution in [-0.2, 0) is 11.3 Å². The van der Waals surface area contributed by atoms with Crippen molar-refractivity contribution in [1.29, 1.82) is 0 Å². The highest BCUT2D eigenvalue weighted by molar-refractivity contribution is 6.04. The van der Waals surface area contributed by atoms with E-state index in [1.807, 2.05) is 109 Å². The van der Waals surface area contributed by atoms with E-state index in [9.17, 15) is 4.79 Å². The first-order chi connectivity index (χ1) is 18.1. The standard InChI is InChI=1S/C31H27N3O3/c1-3-36-31(35)28-20-25(17-14-23-10-6-4-7-11-23)32-30-29(28)22(2)34(33-30)21-24-15-18-27(19-16-24)37-26-12-8-5-9-13-26/h4-20H,3,21H2,1-2H3/b17-14+. The normalized spacial score (nSPS) is 11.2. The zero-order chi connectivity index (χ0) is 25.6. The molecule has 184 valence electrons. The molecule has 0 N–H and O–H groups in total. The van der Waals surface area contributed by atoms with Crippen molar-refractivity contribution in [3.05, 3.63) is 119 Å². The number of hydrogen-bond donors (Lipinski definition) is 0. The molecule has 0 fully saturated rings. The Hall–Kier alpha value is -4.71. The molecule has 6 heteroatoms. The molecule has 0 saturated heterocycles. The molecule has 0 amide bonds. The van der Waals surface area contributed by atoms with Crippen LogP contribution in [0.3, 0.4) is 0 Å². The Kier molecular flexibility index (Phi) is 7.08. The smallest absolute Gasteiger partial charge is 0.339 e. The van der Waals surface area contributed by atoms with E-state index in [0.29, 0.717) is 35.4 Å². The van der Waals surface area contributed by atoms with Gasteiger partial charge in [0.1, 0.15) is 11.5 Å². The largest absolute Gasteiger partial charge is 0.462 e. The molecule has 2 aromatic heterocycles. The third kappa shape index (κ3) is 5.59. The van der Waals surface area contributed by atoms with Crippen molar-refractivity contribution >= 4 is 29.2 Å². The topological polar surface area (TPSA) is 66.2 Å². The summed E-state index contributed by atoms with van der Waals surface area (Å²) in [5, 5.41) is 5.46. The van der Waals surface area contributed by atoms with Gasteiger partial charge in [-0.3, -0.25) is 4.68 Å². The van der Waals surface area contributed by atoms with Crippen molar-refractivity contribution in [2.24, 2.45) is 0 Å². The van der Waals surface area contributed by atoms with Crippen LogP contribution in [0.15, 0.2) is 91.0 Å². The summed E-state index contributed by atoms with van der Waals surface area (Å²) < 4.78 is 13.1. The summed E-state index contributed by atoms with van der Waals surface area (Å²) in [6.07, 6.45) is 3.85. The Labute approximate surface area is 215 Å². The fourth-order valence-corrected chi connectivity index (χ4v) is 4.11. The van der Waals surface area contributed by atoms with Crippen molar-refractivity contribution < 1.29 is 14.3 Å². The number of aromatic nitrogens is 3. The Morgan fingerprint density at radius 2 is 1.57 bits per heavy atom. The number of hydrogen-bond acceptors (Lipinski definition) is 5. The van der Waals surface area contributed by atoms with Crippen molar-refractivity contribution in [2.45, 2.75) is 20.4 Å². The van der Waals surface area contributed by atoms with Crippen LogP contribution >= 0.6 is 0 Å². The van der Waals surface area contributed by atoms with Gasteiger partial charge in [-0.2, -0.15) is 5.10 Å². The van der Waals surface area contributed by atoms with Gasteiger partial charge in [0.2, 0.25) is 0 Å². The minimum atomic E-state index is -0.380. The Bertz CT molecular complexity index is 1540. The number of fused-ring (bicyclic) bond motifs is 1. The van der Waals surface area contributed by atoms with Gasteiger partial charge in [0.05, 0.1) is 29.8 Å². The second-order valence-corrected chi connectivity index (χ2v) is 8.56. The van der Waals surface area contributed by atoms with Gasteiger partial charge in [0.15, 0.2) is 5.65 Å². The maximum atomic E-state index is 12.9. The van der Waals surface area contributed by atoms with E-state index >= 15 is 0 Å². The Balaban J connectivity index is 1.45. The Morgan fingerprint density at radius 3 is 2.27 bits per heavy atom. The molecule has 5 rings (SSSR count). The molecule has 0 bridgehead atoms. The number of ether oxygens (including phenoxy) is 2. The van der Waals surface area contributed by atoms with Crippen molar-refractivity contribution in [3.8, 4) is 11.5 Å². The maximum absolute atomic E-state index is 12.9. The minimum Gasteiger partial charge on any atom is -0.462 e. The lowest BCUT2D eigenvalue weighted by Crippen LogP contribution is -2.07. The zero-order valence-corrected chi connectivity index (χ0v) is 20.8. The van der Waals surface area contributed by atoms with Gasteiger partial charge in [-0.25, -0.2) is 9.78 Å². The summed E-state index contributed by atoms with van der Waals surface area (Å²) in [5.74, 6) is 1.17. The van der Waals surface area contributed by atoms with Crippen LogP contribution < -0.4 is 4.74 Å². The van der Waals surface area contributed by atoms with Crippen molar-refractivity contribution in [1.82, 2.24) is 14.8 Å². The Morgan fingerprint density at radius 1 is 0.892 bits per heavy atom. The molecule has 0 radical (unpaired) electrons. The molecule has 0 unspecified atom stereocenters. The average Bonchev–Trinajstić information content (AvgIpc) is 3.24. The zero-order valence-electron chi connectivity index (χ0n) is 20.8. The molecule has 6 nitrogen and oxygen atoms in total. The maximum Gasteiger partial charge on any atom is 0.339 e. The van der Waals surface area contributed by atoms with Gasteiger partial charge >= 0.3 is 5.97 Å². The highest BCUT2D eigenvalue weighted by Crippen LogP contribution is 2.26.